The van der Waals surface area contributed by atoms with Crippen molar-refractivity contribution in [1.82, 2.24) is 14.9 Å². The molecule has 0 spiro atoms. The van der Waals surface area contributed by atoms with E-state index in [2.05, 4.69) is 41.2 Å². The predicted octanol–water partition coefficient (Wildman–Crippen LogP) is 2.42. The fraction of sp³-hybridized carbons (Fsp3) is 0.786. The van der Waals surface area contributed by atoms with Gasteiger partial charge in [-0.1, -0.05) is 13.8 Å². The quantitative estimate of drug-likeness (QED) is 0.869. The van der Waals surface area contributed by atoms with E-state index < -0.39 is 0 Å². The van der Waals surface area contributed by atoms with Gasteiger partial charge in [-0.15, -0.1) is 0 Å². The van der Waals surface area contributed by atoms with Crippen molar-refractivity contribution in [2.24, 2.45) is 0 Å². The lowest BCUT2D eigenvalue weighted by molar-refractivity contribution is 0.127. The SMILES string of the molecule is CCC1(n2cncc2C2(C)CCNC2)CCC1. The Balaban J connectivity index is 1.99. The summed E-state index contributed by atoms with van der Waals surface area (Å²) in [5.41, 5.74) is 2.12. The summed E-state index contributed by atoms with van der Waals surface area (Å²) in [5.74, 6) is 0. The number of hydrogen-bond donors (Lipinski definition) is 1. The maximum absolute atomic E-state index is 4.44. The van der Waals surface area contributed by atoms with E-state index in [1.54, 1.807) is 0 Å². The molecular weight excluding hydrogens is 210 g/mol. The van der Waals surface area contributed by atoms with Gasteiger partial charge < -0.3 is 9.88 Å². The van der Waals surface area contributed by atoms with Gasteiger partial charge in [0.15, 0.2) is 0 Å². The van der Waals surface area contributed by atoms with Crippen molar-refractivity contribution in [3.05, 3.63) is 18.2 Å². The van der Waals surface area contributed by atoms with Crippen LogP contribution in [0.15, 0.2) is 12.5 Å². The molecule has 2 heterocycles. The first-order valence-electron chi connectivity index (χ1n) is 6.94. The predicted molar refractivity (Wildman–Crippen MR) is 69.2 cm³/mol. The van der Waals surface area contributed by atoms with Crippen molar-refractivity contribution in [2.45, 2.75) is 56.9 Å². The largest absolute Gasteiger partial charge is 0.328 e. The monoisotopic (exact) mass is 233 g/mol. The molecule has 94 valence electrons. The fourth-order valence-corrected chi connectivity index (χ4v) is 3.50. The molecule has 1 aliphatic heterocycles. The van der Waals surface area contributed by atoms with Gasteiger partial charge in [-0.3, -0.25) is 0 Å². The van der Waals surface area contributed by atoms with E-state index in [0.717, 1.165) is 13.1 Å². The Morgan fingerprint density at radius 1 is 1.41 bits per heavy atom. The standard InChI is InChI=1S/C14H23N3/c1-3-14(5-4-6-14)17-11-16-9-12(17)13(2)7-8-15-10-13/h9,11,15H,3-8,10H2,1-2H3. The highest BCUT2D eigenvalue weighted by Crippen LogP contribution is 2.45. The first-order chi connectivity index (χ1) is 8.20. The van der Waals surface area contributed by atoms with Crippen molar-refractivity contribution in [2.75, 3.05) is 13.1 Å². The number of imidazole rings is 1. The van der Waals surface area contributed by atoms with Crippen molar-refractivity contribution >= 4 is 0 Å². The number of hydrogen-bond acceptors (Lipinski definition) is 2. The summed E-state index contributed by atoms with van der Waals surface area (Å²) in [5, 5.41) is 3.49. The Hall–Kier alpha value is -0.830. The van der Waals surface area contributed by atoms with E-state index in [0.29, 0.717) is 5.54 Å². The van der Waals surface area contributed by atoms with Crippen LogP contribution in [0, 0.1) is 0 Å². The topological polar surface area (TPSA) is 29.9 Å². The van der Waals surface area contributed by atoms with Gasteiger partial charge in [-0.25, -0.2) is 4.98 Å². The van der Waals surface area contributed by atoms with E-state index in [1.807, 2.05) is 0 Å². The maximum atomic E-state index is 4.44. The van der Waals surface area contributed by atoms with Gasteiger partial charge in [0.05, 0.1) is 6.33 Å². The summed E-state index contributed by atoms with van der Waals surface area (Å²) in [4.78, 5) is 4.44. The molecule has 1 atom stereocenters. The van der Waals surface area contributed by atoms with E-state index in [4.69, 9.17) is 0 Å². The molecule has 1 unspecified atom stereocenters. The molecule has 3 rings (SSSR count). The third-order valence-electron chi connectivity index (χ3n) is 5.08. The first kappa shape index (κ1) is 11.3. The normalized spacial score (nSPS) is 31.4. The van der Waals surface area contributed by atoms with Gasteiger partial charge in [-0.05, 0) is 38.6 Å². The lowest BCUT2D eigenvalue weighted by Gasteiger charge is -2.45. The van der Waals surface area contributed by atoms with Crippen LogP contribution < -0.4 is 5.32 Å². The average Bonchev–Trinajstić information content (AvgIpc) is 2.87. The fourth-order valence-electron chi connectivity index (χ4n) is 3.50. The zero-order valence-corrected chi connectivity index (χ0v) is 11.0. The van der Waals surface area contributed by atoms with Gasteiger partial charge in [0.1, 0.15) is 0 Å². The van der Waals surface area contributed by atoms with Crippen LogP contribution in [0.4, 0.5) is 0 Å². The van der Waals surface area contributed by atoms with Crippen LogP contribution in [-0.2, 0) is 11.0 Å². The maximum Gasteiger partial charge on any atom is 0.0953 e. The molecule has 0 amide bonds. The smallest absolute Gasteiger partial charge is 0.0953 e. The molecule has 1 aromatic rings. The molecular formula is C14H23N3. The van der Waals surface area contributed by atoms with E-state index in [1.165, 1.54) is 37.8 Å². The molecule has 3 nitrogen and oxygen atoms in total. The Labute approximate surface area is 104 Å². The van der Waals surface area contributed by atoms with Crippen LogP contribution >= 0.6 is 0 Å². The van der Waals surface area contributed by atoms with Crippen LogP contribution in [0.5, 0.6) is 0 Å². The van der Waals surface area contributed by atoms with Gasteiger partial charge in [-0.2, -0.15) is 0 Å². The Morgan fingerprint density at radius 3 is 2.76 bits per heavy atom. The molecule has 0 radical (unpaired) electrons. The average molecular weight is 233 g/mol. The van der Waals surface area contributed by atoms with E-state index >= 15 is 0 Å². The lowest BCUT2D eigenvalue weighted by atomic mass is 9.73. The highest BCUT2D eigenvalue weighted by atomic mass is 15.1. The third-order valence-corrected chi connectivity index (χ3v) is 5.08. The summed E-state index contributed by atoms with van der Waals surface area (Å²) in [6, 6.07) is 0. The highest BCUT2D eigenvalue weighted by Gasteiger charge is 2.42. The summed E-state index contributed by atoms with van der Waals surface area (Å²) in [6.07, 6.45) is 10.7. The minimum Gasteiger partial charge on any atom is -0.328 e. The number of nitrogens with zero attached hydrogens (tertiary/aromatic N) is 2. The molecule has 2 aliphatic rings. The number of aromatic nitrogens is 2. The summed E-state index contributed by atoms with van der Waals surface area (Å²) in [7, 11) is 0. The Kier molecular flexibility index (Phi) is 2.54. The molecule has 2 fully saturated rings. The van der Waals surface area contributed by atoms with Crippen LogP contribution in [0.25, 0.3) is 0 Å². The highest BCUT2D eigenvalue weighted by molar-refractivity contribution is 5.20. The second kappa shape index (κ2) is 3.84. The summed E-state index contributed by atoms with van der Waals surface area (Å²) >= 11 is 0. The molecule has 1 saturated heterocycles. The molecule has 1 N–H and O–H groups in total. The molecule has 1 aliphatic carbocycles. The first-order valence-corrected chi connectivity index (χ1v) is 6.94. The summed E-state index contributed by atoms with van der Waals surface area (Å²) < 4.78 is 2.50. The van der Waals surface area contributed by atoms with Gasteiger partial charge >= 0.3 is 0 Å². The molecule has 0 bridgehead atoms. The van der Waals surface area contributed by atoms with Gasteiger partial charge in [0, 0.05) is 29.4 Å². The number of rotatable bonds is 3. The molecule has 1 aromatic heterocycles. The van der Waals surface area contributed by atoms with E-state index in [9.17, 15) is 0 Å². The lowest BCUT2D eigenvalue weighted by Crippen LogP contribution is -2.43. The molecule has 3 heteroatoms. The van der Waals surface area contributed by atoms with Crippen LogP contribution in [0.3, 0.4) is 0 Å². The molecule has 0 aromatic carbocycles. The Morgan fingerprint density at radius 2 is 2.24 bits per heavy atom. The van der Waals surface area contributed by atoms with Crippen molar-refractivity contribution in [3.63, 3.8) is 0 Å². The van der Waals surface area contributed by atoms with Crippen LogP contribution in [0.2, 0.25) is 0 Å². The third kappa shape index (κ3) is 1.55. The molecule has 1 saturated carbocycles. The van der Waals surface area contributed by atoms with Crippen molar-refractivity contribution in [1.29, 1.82) is 0 Å². The van der Waals surface area contributed by atoms with E-state index in [-0.39, 0.29) is 5.41 Å². The second-order valence-corrected chi connectivity index (χ2v) is 6.07. The van der Waals surface area contributed by atoms with Crippen LogP contribution in [-0.4, -0.2) is 22.6 Å². The number of nitrogens with one attached hydrogen (secondary N) is 1. The van der Waals surface area contributed by atoms with Crippen molar-refractivity contribution < 1.29 is 0 Å². The zero-order chi connectivity index (χ0) is 11.9. The second-order valence-electron chi connectivity index (χ2n) is 6.07. The van der Waals surface area contributed by atoms with Gasteiger partial charge in [0.25, 0.3) is 0 Å². The Bertz CT molecular complexity index is 375. The summed E-state index contributed by atoms with van der Waals surface area (Å²) in [6.45, 7) is 6.93. The minimum atomic E-state index is 0.286. The van der Waals surface area contributed by atoms with Crippen molar-refractivity contribution in [3.8, 4) is 0 Å². The molecule has 17 heavy (non-hydrogen) atoms. The van der Waals surface area contributed by atoms with Gasteiger partial charge in [0.2, 0.25) is 0 Å². The zero-order valence-electron chi connectivity index (χ0n) is 11.0. The van der Waals surface area contributed by atoms with Crippen LogP contribution in [0.1, 0.15) is 51.6 Å². The minimum absolute atomic E-state index is 0.286.